The zero-order valence-electron chi connectivity index (χ0n) is 12.1. The van der Waals surface area contributed by atoms with Crippen molar-refractivity contribution >= 4 is 29.6 Å². The molecule has 1 unspecified atom stereocenters. The van der Waals surface area contributed by atoms with Crippen molar-refractivity contribution in [3.63, 3.8) is 0 Å². The molecule has 3 heteroatoms. The van der Waals surface area contributed by atoms with Crippen LogP contribution >= 0.6 is 0 Å². The summed E-state index contributed by atoms with van der Waals surface area (Å²) in [6.45, 7) is 2.67. The molecule has 17 heavy (non-hydrogen) atoms. The van der Waals surface area contributed by atoms with Crippen LogP contribution in [-0.2, 0) is 0 Å². The van der Waals surface area contributed by atoms with Crippen LogP contribution in [0.25, 0.3) is 0 Å². The Labute approximate surface area is 130 Å². The van der Waals surface area contributed by atoms with Crippen LogP contribution in [0, 0.1) is 0 Å². The average molecular weight is 252 g/mol. The van der Waals surface area contributed by atoms with E-state index in [-0.39, 0.29) is 35.7 Å². The van der Waals surface area contributed by atoms with E-state index in [1.54, 1.807) is 0 Å². The quantitative estimate of drug-likeness (QED) is 0.414. The van der Waals surface area contributed by atoms with Crippen LogP contribution in [0.3, 0.4) is 0 Å². The third-order valence-electron chi connectivity index (χ3n) is 3.16. The van der Waals surface area contributed by atoms with Gasteiger partial charge in [-0.3, -0.25) is 0 Å². The molecule has 1 atom stereocenters. The van der Waals surface area contributed by atoms with Gasteiger partial charge in [-0.1, -0.05) is 71.1 Å². The average Bonchev–Trinajstić information content (AvgIpc) is 2.31. The van der Waals surface area contributed by atoms with E-state index in [0.29, 0.717) is 6.54 Å². The van der Waals surface area contributed by atoms with E-state index in [1.165, 1.54) is 57.8 Å². The molecule has 0 fully saturated rings. The molecule has 0 aromatic heterocycles. The van der Waals surface area contributed by atoms with Crippen molar-refractivity contribution in [2.24, 2.45) is 5.73 Å². The summed E-state index contributed by atoms with van der Waals surface area (Å²) in [5.74, 6) is 0. The smallest absolute Gasteiger partial charge is 0.0662 e. The molecule has 0 aromatic carbocycles. The molecule has 99 valence electrons. The number of unbranched alkanes of at least 4 members (excludes halogenated alkanes) is 9. The molecule has 0 rings (SSSR count). The summed E-state index contributed by atoms with van der Waals surface area (Å²) >= 11 is 0. The van der Waals surface area contributed by atoms with Crippen LogP contribution in [0.2, 0.25) is 0 Å². The molecule has 0 aliphatic rings. The Bertz CT molecular complexity index is 133. The van der Waals surface area contributed by atoms with Crippen LogP contribution in [-0.4, -0.2) is 47.3 Å². The van der Waals surface area contributed by atoms with E-state index in [1.807, 2.05) is 0 Å². The van der Waals surface area contributed by atoms with Gasteiger partial charge in [0.25, 0.3) is 0 Å². The Hall–Kier alpha value is 0.920. The molecule has 0 aromatic rings. The fourth-order valence-electron chi connectivity index (χ4n) is 1.99. The van der Waals surface area contributed by atoms with Crippen molar-refractivity contribution in [3.05, 3.63) is 0 Å². The summed E-state index contributed by atoms with van der Waals surface area (Å²) in [6.07, 6.45) is 14.1. The molecule has 0 bridgehead atoms. The summed E-state index contributed by atoms with van der Waals surface area (Å²) in [5, 5.41) is 9.26. The molecule has 0 saturated heterocycles. The van der Waals surface area contributed by atoms with Crippen LogP contribution in [0.15, 0.2) is 0 Å². The summed E-state index contributed by atoms with van der Waals surface area (Å²) in [5.41, 5.74) is 5.34. The maximum atomic E-state index is 9.26. The van der Waals surface area contributed by atoms with Crippen molar-refractivity contribution in [2.45, 2.75) is 83.7 Å². The third-order valence-corrected chi connectivity index (χ3v) is 3.16. The second kappa shape index (κ2) is 16.9. The largest absolute Gasteiger partial charge is 0.392 e. The molecule has 0 saturated carbocycles. The maximum Gasteiger partial charge on any atom is 0.0662 e. The van der Waals surface area contributed by atoms with E-state index in [0.717, 1.165) is 12.8 Å². The van der Waals surface area contributed by atoms with Gasteiger partial charge in [-0.15, -0.1) is 0 Å². The molecule has 2 nitrogen and oxygen atoms in total. The SMILES string of the molecule is CCCCCCCCCCCCC(O)CN.[Na]. The predicted octanol–water partition coefficient (Wildman–Crippen LogP) is 3.24. The number of nitrogens with two attached hydrogens (primary N) is 1. The van der Waals surface area contributed by atoms with Gasteiger partial charge in [0, 0.05) is 36.1 Å². The van der Waals surface area contributed by atoms with Crippen molar-refractivity contribution in [3.8, 4) is 0 Å². The first-order chi connectivity index (χ1) is 7.81. The van der Waals surface area contributed by atoms with Crippen LogP contribution in [0.1, 0.15) is 77.6 Å². The third kappa shape index (κ3) is 16.9. The molecule has 0 aliphatic carbocycles. The number of hydrogen-bond acceptors (Lipinski definition) is 2. The fourth-order valence-corrected chi connectivity index (χ4v) is 1.99. The Kier molecular flexibility index (Phi) is 20.1. The minimum Gasteiger partial charge on any atom is -0.392 e. The van der Waals surface area contributed by atoms with Gasteiger partial charge in [0.05, 0.1) is 6.10 Å². The summed E-state index contributed by atoms with van der Waals surface area (Å²) < 4.78 is 0. The molecule has 0 aliphatic heterocycles. The first kappa shape index (κ1) is 20.2. The van der Waals surface area contributed by atoms with Gasteiger partial charge in [0.1, 0.15) is 0 Å². The number of rotatable bonds is 12. The molecular formula is C14H31NNaO. The van der Waals surface area contributed by atoms with E-state index < -0.39 is 0 Å². The van der Waals surface area contributed by atoms with Gasteiger partial charge >= 0.3 is 0 Å². The van der Waals surface area contributed by atoms with Gasteiger partial charge < -0.3 is 10.8 Å². The standard InChI is InChI=1S/C14H31NO.Na/c1-2-3-4-5-6-7-8-9-10-11-12-14(16)13-15;/h14,16H,2-13,15H2,1H3;. The van der Waals surface area contributed by atoms with E-state index in [4.69, 9.17) is 5.73 Å². The zero-order valence-corrected chi connectivity index (χ0v) is 14.1. The van der Waals surface area contributed by atoms with Gasteiger partial charge in [-0.05, 0) is 6.42 Å². The van der Waals surface area contributed by atoms with Crippen LogP contribution in [0.5, 0.6) is 0 Å². The predicted molar refractivity (Wildman–Crippen MR) is 77.3 cm³/mol. The first-order valence-electron chi connectivity index (χ1n) is 7.19. The molecule has 3 N–H and O–H groups in total. The zero-order chi connectivity index (χ0) is 12.1. The first-order valence-corrected chi connectivity index (χ1v) is 7.19. The van der Waals surface area contributed by atoms with Crippen molar-refractivity contribution < 1.29 is 5.11 Å². The molecule has 1 radical (unpaired) electrons. The Morgan fingerprint density at radius 1 is 0.824 bits per heavy atom. The monoisotopic (exact) mass is 252 g/mol. The minimum atomic E-state index is -0.269. The topological polar surface area (TPSA) is 46.2 Å². The molecule has 0 spiro atoms. The minimum absolute atomic E-state index is 0. The number of aliphatic hydroxyl groups excluding tert-OH is 1. The summed E-state index contributed by atoms with van der Waals surface area (Å²) in [6, 6.07) is 0. The second-order valence-electron chi connectivity index (χ2n) is 4.86. The Morgan fingerprint density at radius 3 is 1.65 bits per heavy atom. The second-order valence-corrected chi connectivity index (χ2v) is 4.86. The van der Waals surface area contributed by atoms with Crippen LogP contribution in [0.4, 0.5) is 0 Å². The maximum absolute atomic E-state index is 9.26. The van der Waals surface area contributed by atoms with Gasteiger partial charge in [-0.2, -0.15) is 0 Å². The van der Waals surface area contributed by atoms with E-state index in [2.05, 4.69) is 6.92 Å². The van der Waals surface area contributed by atoms with Crippen LogP contribution < -0.4 is 5.73 Å². The Morgan fingerprint density at radius 2 is 1.24 bits per heavy atom. The molecule has 0 heterocycles. The normalized spacial score (nSPS) is 12.2. The van der Waals surface area contributed by atoms with Crippen molar-refractivity contribution in [1.29, 1.82) is 0 Å². The van der Waals surface area contributed by atoms with Crippen molar-refractivity contribution in [2.75, 3.05) is 6.54 Å². The number of hydrogen-bond donors (Lipinski definition) is 2. The van der Waals surface area contributed by atoms with E-state index in [9.17, 15) is 5.11 Å². The molecular weight excluding hydrogens is 221 g/mol. The molecule has 0 amide bonds. The van der Waals surface area contributed by atoms with Gasteiger partial charge in [0.15, 0.2) is 0 Å². The summed E-state index contributed by atoms with van der Waals surface area (Å²) in [4.78, 5) is 0. The van der Waals surface area contributed by atoms with Crippen molar-refractivity contribution in [1.82, 2.24) is 0 Å². The van der Waals surface area contributed by atoms with Gasteiger partial charge in [0.2, 0.25) is 0 Å². The summed E-state index contributed by atoms with van der Waals surface area (Å²) in [7, 11) is 0. The van der Waals surface area contributed by atoms with Gasteiger partial charge in [-0.25, -0.2) is 0 Å². The number of aliphatic hydroxyl groups is 1. The fraction of sp³-hybridized carbons (Fsp3) is 1.00. The van der Waals surface area contributed by atoms with E-state index >= 15 is 0 Å². The Balaban J connectivity index is 0.